The fraction of sp³-hybridized carbons (Fsp3) is 0.364. The first-order chi connectivity index (χ1) is 8.13. The van der Waals surface area contributed by atoms with Gasteiger partial charge in [-0.1, -0.05) is 0 Å². The molecule has 0 unspecified atom stereocenters. The summed E-state index contributed by atoms with van der Waals surface area (Å²) in [5.41, 5.74) is 0.351. The number of halogens is 2. The number of rotatable bonds is 6. The topological polar surface area (TPSA) is 58.6 Å². The second-order valence-electron chi connectivity index (χ2n) is 3.24. The average molecular weight is 245 g/mol. The molecule has 0 fully saturated rings. The highest BCUT2D eigenvalue weighted by Gasteiger charge is 2.07. The molecule has 4 nitrogen and oxygen atoms in total. The lowest BCUT2D eigenvalue weighted by molar-refractivity contribution is -0.0498. The Morgan fingerprint density at radius 1 is 1.35 bits per heavy atom. The van der Waals surface area contributed by atoms with Crippen LogP contribution in [-0.2, 0) is 0 Å². The summed E-state index contributed by atoms with van der Waals surface area (Å²) in [7, 11) is 0. The lowest BCUT2D eigenvalue weighted by Crippen LogP contribution is -2.24. The van der Waals surface area contributed by atoms with Crippen LogP contribution in [0.5, 0.6) is 5.75 Å². The van der Waals surface area contributed by atoms with E-state index in [0.717, 1.165) is 0 Å². The number of aliphatic hydroxyl groups excluding tert-OH is 1. The van der Waals surface area contributed by atoms with Crippen LogP contribution in [0.3, 0.4) is 0 Å². The number of hydrogen-bond acceptors (Lipinski definition) is 3. The van der Waals surface area contributed by atoms with Crippen molar-refractivity contribution in [2.75, 3.05) is 13.2 Å². The Hall–Kier alpha value is -1.69. The number of carbonyl (C=O) groups excluding carboxylic acids is 1. The molecule has 0 saturated carbocycles. The third-order valence-electron chi connectivity index (χ3n) is 1.96. The normalized spacial score (nSPS) is 10.4. The molecular weight excluding hydrogens is 232 g/mol. The van der Waals surface area contributed by atoms with Gasteiger partial charge in [0.2, 0.25) is 0 Å². The molecule has 0 aliphatic heterocycles. The first-order valence-electron chi connectivity index (χ1n) is 5.07. The zero-order valence-electron chi connectivity index (χ0n) is 9.03. The first-order valence-corrected chi connectivity index (χ1v) is 5.07. The number of carbonyl (C=O) groups is 1. The Balaban J connectivity index is 2.52. The summed E-state index contributed by atoms with van der Waals surface area (Å²) in [6, 6.07) is 5.39. The lowest BCUT2D eigenvalue weighted by Gasteiger charge is -2.06. The van der Waals surface area contributed by atoms with Crippen LogP contribution in [-0.4, -0.2) is 30.8 Å². The van der Waals surface area contributed by atoms with E-state index in [4.69, 9.17) is 5.11 Å². The molecule has 0 atom stereocenters. The van der Waals surface area contributed by atoms with Crippen molar-refractivity contribution in [3.05, 3.63) is 29.8 Å². The van der Waals surface area contributed by atoms with Crippen LogP contribution in [0.1, 0.15) is 16.8 Å². The van der Waals surface area contributed by atoms with Gasteiger partial charge in [-0.05, 0) is 30.7 Å². The highest BCUT2D eigenvalue weighted by Crippen LogP contribution is 2.14. The highest BCUT2D eigenvalue weighted by molar-refractivity contribution is 5.94. The molecule has 0 saturated heterocycles. The Labute approximate surface area is 97.2 Å². The van der Waals surface area contributed by atoms with E-state index in [0.29, 0.717) is 18.5 Å². The van der Waals surface area contributed by atoms with Crippen LogP contribution in [0, 0.1) is 0 Å². The van der Waals surface area contributed by atoms with Crippen molar-refractivity contribution in [3.8, 4) is 5.75 Å². The molecule has 0 aliphatic carbocycles. The van der Waals surface area contributed by atoms with Gasteiger partial charge in [0.1, 0.15) is 5.75 Å². The van der Waals surface area contributed by atoms with E-state index in [-0.39, 0.29) is 18.3 Å². The van der Waals surface area contributed by atoms with E-state index < -0.39 is 6.61 Å². The smallest absolute Gasteiger partial charge is 0.387 e. The molecule has 0 bridgehead atoms. The third kappa shape index (κ3) is 4.78. The van der Waals surface area contributed by atoms with E-state index >= 15 is 0 Å². The van der Waals surface area contributed by atoms with Crippen molar-refractivity contribution in [2.45, 2.75) is 13.0 Å². The highest BCUT2D eigenvalue weighted by atomic mass is 19.3. The largest absolute Gasteiger partial charge is 0.435 e. The minimum absolute atomic E-state index is 0.00143. The standard InChI is InChI=1S/C11H13F2NO3/c12-11(13)17-9-4-2-8(3-5-9)10(16)14-6-1-7-15/h2-5,11,15H,1,6-7H2,(H,14,16). The molecular formula is C11H13F2NO3. The molecule has 1 aromatic rings. The van der Waals surface area contributed by atoms with Gasteiger partial charge in [0, 0.05) is 18.7 Å². The van der Waals surface area contributed by atoms with Crippen LogP contribution in [0.2, 0.25) is 0 Å². The number of benzene rings is 1. The maximum absolute atomic E-state index is 11.9. The summed E-state index contributed by atoms with van der Waals surface area (Å²) < 4.78 is 27.9. The van der Waals surface area contributed by atoms with Crippen LogP contribution in [0.15, 0.2) is 24.3 Å². The van der Waals surface area contributed by atoms with E-state index in [1.54, 1.807) is 0 Å². The zero-order valence-corrected chi connectivity index (χ0v) is 9.03. The van der Waals surface area contributed by atoms with Crippen LogP contribution in [0.25, 0.3) is 0 Å². The first kappa shape index (κ1) is 13.4. The van der Waals surface area contributed by atoms with Gasteiger partial charge in [0.25, 0.3) is 5.91 Å². The molecule has 1 amide bonds. The Morgan fingerprint density at radius 3 is 2.53 bits per heavy atom. The number of hydrogen-bond donors (Lipinski definition) is 2. The predicted octanol–water partition coefficient (Wildman–Crippen LogP) is 1.40. The van der Waals surface area contributed by atoms with Crippen molar-refractivity contribution in [3.63, 3.8) is 0 Å². The molecule has 6 heteroatoms. The number of amides is 1. The fourth-order valence-electron chi connectivity index (χ4n) is 1.17. The summed E-state index contributed by atoms with van der Waals surface area (Å²) in [5.74, 6) is -0.311. The third-order valence-corrected chi connectivity index (χ3v) is 1.96. The monoisotopic (exact) mass is 245 g/mol. The number of ether oxygens (including phenoxy) is 1. The molecule has 0 aromatic heterocycles. The van der Waals surface area contributed by atoms with Gasteiger partial charge in [-0.3, -0.25) is 4.79 Å². The van der Waals surface area contributed by atoms with E-state index in [1.165, 1.54) is 24.3 Å². The summed E-state index contributed by atoms with van der Waals surface area (Å²) >= 11 is 0. The van der Waals surface area contributed by atoms with E-state index in [9.17, 15) is 13.6 Å². The molecule has 17 heavy (non-hydrogen) atoms. The molecule has 0 radical (unpaired) electrons. The maximum atomic E-state index is 11.9. The SMILES string of the molecule is O=C(NCCCO)c1ccc(OC(F)F)cc1. The molecule has 0 heterocycles. The quantitative estimate of drug-likeness (QED) is 0.745. The minimum atomic E-state index is -2.88. The Bertz CT molecular complexity index is 354. The molecule has 0 aliphatic rings. The van der Waals surface area contributed by atoms with Gasteiger partial charge in [-0.25, -0.2) is 0 Å². The van der Waals surface area contributed by atoms with Crippen LogP contribution >= 0.6 is 0 Å². The summed E-state index contributed by atoms with van der Waals surface area (Å²) in [6.45, 7) is -2.51. The van der Waals surface area contributed by atoms with Crippen molar-refractivity contribution in [1.82, 2.24) is 5.32 Å². The number of alkyl halides is 2. The molecule has 0 spiro atoms. The molecule has 94 valence electrons. The van der Waals surface area contributed by atoms with Gasteiger partial charge in [0.05, 0.1) is 0 Å². The molecule has 1 rings (SSSR count). The number of aliphatic hydroxyl groups is 1. The fourth-order valence-corrected chi connectivity index (χ4v) is 1.17. The summed E-state index contributed by atoms with van der Waals surface area (Å²) in [5, 5.41) is 11.1. The van der Waals surface area contributed by atoms with E-state index in [2.05, 4.69) is 10.1 Å². The Kier molecular flexibility index (Phi) is 5.35. The van der Waals surface area contributed by atoms with Crippen LogP contribution < -0.4 is 10.1 Å². The second-order valence-corrected chi connectivity index (χ2v) is 3.24. The lowest BCUT2D eigenvalue weighted by atomic mass is 10.2. The number of nitrogens with one attached hydrogen (secondary N) is 1. The van der Waals surface area contributed by atoms with Gasteiger partial charge < -0.3 is 15.2 Å². The summed E-state index contributed by atoms with van der Waals surface area (Å²) in [4.78, 5) is 11.5. The zero-order chi connectivity index (χ0) is 12.7. The van der Waals surface area contributed by atoms with Gasteiger partial charge >= 0.3 is 6.61 Å². The molecule has 1 aromatic carbocycles. The predicted molar refractivity (Wildman–Crippen MR) is 57.1 cm³/mol. The average Bonchev–Trinajstić information content (AvgIpc) is 2.29. The van der Waals surface area contributed by atoms with Gasteiger partial charge in [-0.2, -0.15) is 8.78 Å². The maximum Gasteiger partial charge on any atom is 0.387 e. The van der Waals surface area contributed by atoms with Crippen LogP contribution in [0.4, 0.5) is 8.78 Å². The van der Waals surface area contributed by atoms with Crippen molar-refractivity contribution >= 4 is 5.91 Å². The second kappa shape index (κ2) is 6.80. The summed E-state index contributed by atoms with van der Waals surface area (Å²) in [6.07, 6.45) is 0.471. The van der Waals surface area contributed by atoms with Crippen molar-refractivity contribution in [1.29, 1.82) is 0 Å². The molecule has 2 N–H and O–H groups in total. The van der Waals surface area contributed by atoms with Gasteiger partial charge in [-0.15, -0.1) is 0 Å². The Morgan fingerprint density at radius 2 is 2.00 bits per heavy atom. The minimum Gasteiger partial charge on any atom is -0.435 e. The van der Waals surface area contributed by atoms with Gasteiger partial charge in [0.15, 0.2) is 0 Å². The van der Waals surface area contributed by atoms with E-state index in [1.807, 2.05) is 0 Å². The van der Waals surface area contributed by atoms with Crippen molar-refractivity contribution < 1.29 is 23.4 Å². The van der Waals surface area contributed by atoms with Crippen molar-refractivity contribution in [2.24, 2.45) is 0 Å².